The van der Waals surface area contributed by atoms with Crippen LogP contribution in [0.25, 0.3) is 11.5 Å². The number of pyridine rings is 4. The van der Waals surface area contributed by atoms with Crippen LogP contribution in [0.3, 0.4) is 0 Å². The van der Waals surface area contributed by atoms with Crippen molar-refractivity contribution in [3.8, 4) is 17.3 Å². The second-order valence-corrected chi connectivity index (χ2v) is 11.1. The van der Waals surface area contributed by atoms with Crippen LogP contribution in [0.15, 0.2) is 70.3 Å². The summed E-state index contributed by atoms with van der Waals surface area (Å²) in [6, 6.07) is 7.14. The van der Waals surface area contributed by atoms with E-state index in [4.69, 9.17) is 22.1 Å². The highest BCUT2D eigenvalue weighted by Gasteiger charge is 2.24. The summed E-state index contributed by atoms with van der Waals surface area (Å²) in [5.41, 5.74) is 6.25. The fourth-order valence-corrected chi connectivity index (χ4v) is 4.12. The predicted molar refractivity (Wildman–Crippen MR) is 219 cm³/mol. The van der Waals surface area contributed by atoms with Crippen molar-refractivity contribution in [2.75, 3.05) is 6.61 Å². The number of aryl methyl sites for hydroxylation is 2. The zero-order chi connectivity index (χ0) is 42.1. The largest absolute Gasteiger partial charge is 0.485 e. The van der Waals surface area contributed by atoms with Crippen LogP contribution in [0.2, 0.25) is 5.02 Å². The van der Waals surface area contributed by atoms with Crippen molar-refractivity contribution in [1.82, 2.24) is 19.1 Å². The molecule has 4 aromatic heterocycles. The molecule has 0 bridgehead atoms. The van der Waals surface area contributed by atoms with Gasteiger partial charge in [-0.2, -0.15) is 0 Å². The van der Waals surface area contributed by atoms with E-state index in [1.54, 1.807) is 58.3 Å². The van der Waals surface area contributed by atoms with Crippen molar-refractivity contribution in [3.05, 3.63) is 121 Å². The fraction of sp³-hybridized carbons (Fsp3) is 0.463. The molecule has 0 aliphatic carbocycles. The van der Waals surface area contributed by atoms with Crippen molar-refractivity contribution in [2.24, 2.45) is 5.73 Å². The second-order valence-electron chi connectivity index (χ2n) is 10.7. The normalized spacial score (nSPS) is 9.51. The molecular formula is C41H64ClF2N5O4. The predicted octanol–water partition coefficient (Wildman–Crippen LogP) is 10.2. The average Bonchev–Trinajstić information content (AvgIpc) is 3.18. The Kier molecular flexibility index (Phi) is 28.2. The van der Waals surface area contributed by atoms with Crippen molar-refractivity contribution < 1.29 is 18.6 Å². The van der Waals surface area contributed by atoms with Crippen LogP contribution < -0.4 is 21.6 Å². The molecule has 0 unspecified atom stereocenters. The van der Waals surface area contributed by atoms with E-state index in [0.29, 0.717) is 28.6 Å². The van der Waals surface area contributed by atoms with E-state index >= 15 is 0 Å². The Labute approximate surface area is 321 Å². The summed E-state index contributed by atoms with van der Waals surface area (Å²) in [5, 5.41) is 9.49. The van der Waals surface area contributed by atoms with Crippen LogP contribution in [0.4, 0.5) is 8.78 Å². The van der Waals surface area contributed by atoms with E-state index in [1.807, 2.05) is 83.1 Å². The minimum absolute atomic E-state index is 0.0121. The third-order valence-corrected chi connectivity index (χ3v) is 6.85. The lowest BCUT2D eigenvalue weighted by molar-refractivity contribution is 0.217. The molecule has 0 spiro atoms. The van der Waals surface area contributed by atoms with Crippen LogP contribution in [0, 0.1) is 25.5 Å². The molecule has 0 saturated heterocycles. The number of aromatic nitrogens is 4. The molecule has 4 heterocycles. The van der Waals surface area contributed by atoms with Gasteiger partial charge in [0, 0.05) is 47.3 Å². The molecule has 0 aliphatic heterocycles. The number of allylic oxidation sites excluding steroid dienone is 1. The maximum atomic E-state index is 13.9. The molecule has 9 nitrogen and oxygen atoms in total. The van der Waals surface area contributed by atoms with E-state index in [-0.39, 0.29) is 41.1 Å². The Hall–Kier alpha value is -4.35. The SMILES string of the molecule is CC.CC.CC.CC.CC.CC(C)=CN.Cc1cnc(-n2cccc(C(C)(C)CO)c2=O)cc1-n1c(C)cc(OCc2ncc(F)cc2F)c(Cl)c1=O. The average molecular weight is 764 g/mol. The first-order valence-corrected chi connectivity index (χ1v) is 18.6. The third kappa shape index (κ3) is 15.7. The fourth-order valence-electron chi connectivity index (χ4n) is 3.93. The van der Waals surface area contributed by atoms with Gasteiger partial charge >= 0.3 is 0 Å². The molecular weight excluding hydrogens is 700 g/mol. The van der Waals surface area contributed by atoms with Gasteiger partial charge in [-0.15, -0.1) is 0 Å². The summed E-state index contributed by atoms with van der Waals surface area (Å²) in [7, 11) is 0. The molecule has 0 atom stereocenters. The number of halogens is 3. The molecule has 53 heavy (non-hydrogen) atoms. The lowest BCUT2D eigenvalue weighted by Crippen LogP contribution is -2.33. The van der Waals surface area contributed by atoms with Gasteiger partial charge in [-0.05, 0) is 45.5 Å². The van der Waals surface area contributed by atoms with Gasteiger partial charge in [-0.3, -0.25) is 23.7 Å². The van der Waals surface area contributed by atoms with Crippen molar-refractivity contribution >= 4 is 11.6 Å². The number of nitrogens with two attached hydrogens (primary N) is 1. The van der Waals surface area contributed by atoms with E-state index in [2.05, 4.69) is 9.97 Å². The highest BCUT2D eigenvalue weighted by Crippen LogP contribution is 2.26. The summed E-state index contributed by atoms with van der Waals surface area (Å²) in [6.45, 7) is 30.3. The smallest absolute Gasteiger partial charge is 0.277 e. The molecule has 4 aromatic rings. The van der Waals surface area contributed by atoms with Crippen LogP contribution in [-0.2, 0) is 12.0 Å². The number of hydrogen-bond acceptors (Lipinski definition) is 7. The Balaban J connectivity index is -0.00000146. The molecule has 0 fully saturated rings. The van der Waals surface area contributed by atoms with Gasteiger partial charge in [0.15, 0.2) is 5.82 Å². The standard InChI is InChI=1S/C27H25ClF2N4O4.C4H9N.5C2H6/c1-15-11-32-23(33-7-5-6-18(25(33)36)27(3,4)14-35)10-21(15)34-16(2)8-22(24(28)26(34)37)38-13-20-19(30)9-17(29)12-31-20;1-4(2)3-5;5*1-2/h5-12,35H,13-14H2,1-4H3;3H,5H2,1-2H3;5*1-2H3. The maximum absolute atomic E-state index is 13.9. The zero-order valence-corrected chi connectivity index (χ0v) is 35.5. The summed E-state index contributed by atoms with van der Waals surface area (Å²) in [6.07, 6.45) is 5.54. The summed E-state index contributed by atoms with van der Waals surface area (Å²) in [4.78, 5) is 34.6. The number of aliphatic hydroxyl groups is 1. The zero-order valence-electron chi connectivity index (χ0n) is 34.8. The molecule has 0 aliphatic rings. The number of ether oxygens (including phenoxy) is 1. The quantitative estimate of drug-likeness (QED) is 0.192. The number of aliphatic hydroxyl groups excluding tert-OH is 1. The summed E-state index contributed by atoms with van der Waals surface area (Å²) in [5.74, 6) is -1.42. The van der Waals surface area contributed by atoms with E-state index in [1.165, 1.54) is 21.4 Å². The van der Waals surface area contributed by atoms with E-state index < -0.39 is 22.6 Å². The topological polar surface area (TPSA) is 125 Å². The molecule has 0 amide bonds. The lowest BCUT2D eigenvalue weighted by atomic mass is 9.86. The molecule has 3 N–H and O–H groups in total. The Morgan fingerprint density at radius 1 is 0.925 bits per heavy atom. The van der Waals surface area contributed by atoms with Crippen LogP contribution in [0.5, 0.6) is 5.75 Å². The third-order valence-electron chi connectivity index (χ3n) is 6.50. The Morgan fingerprint density at radius 3 is 1.96 bits per heavy atom. The van der Waals surface area contributed by atoms with Gasteiger partial charge in [0.25, 0.3) is 11.1 Å². The van der Waals surface area contributed by atoms with Gasteiger partial charge in [0.05, 0.1) is 18.5 Å². The first-order chi connectivity index (χ1) is 25.2. The Morgan fingerprint density at radius 2 is 1.47 bits per heavy atom. The molecule has 12 heteroatoms. The molecule has 0 saturated carbocycles. The number of nitrogens with zero attached hydrogens (tertiary/aromatic N) is 4. The van der Waals surface area contributed by atoms with Crippen molar-refractivity contribution in [1.29, 1.82) is 0 Å². The molecule has 0 radical (unpaired) electrons. The van der Waals surface area contributed by atoms with Gasteiger partial charge in [-0.1, -0.05) is 106 Å². The summed E-state index contributed by atoms with van der Waals surface area (Å²) < 4.78 is 35.3. The van der Waals surface area contributed by atoms with Gasteiger partial charge in [0.1, 0.15) is 34.7 Å². The highest BCUT2D eigenvalue weighted by atomic mass is 35.5. The second kappa shape index (κ2) is 28.2. The van der Waals surface area contributed by atoms with Crippen LogP contribution in [0.1, 0.15) is 119 Å². The molecule has 0 aromatic carbocycles. The Bertz CT molecular complexity index is 1780. The molecule has 4 rings (SSSR count). The monoisotopic (exact) mass is 763 g/mol. The first kappa shape index (κ1) is 53.0. The minimum atomic E-state index is -0.882. The minimum Gasteiger partial charge on any atom is -0.485 e. The van der Waals surface area contributed by atoms with Crippen LogP contribution in [-0.4, -0.2) is 30.8 Å². The molecule has 298 valence electrons. The van der Waals surface area contributed by atoms with Gasteiger partial charge in [-0.25, -0.2) is 13.8 Å². The van der Waals surface area contributed by atoms with Crippen molar-refractivity contribution in [3.63, 3.8) is 0 Å². The number of hydrogen-bond donors (Lipinski definition) is 2. The first-order valence-electron chi connectivity index (χ1n) is 18.2. The van der Waals surface area contributed by atoms with E-state index in [0.717, 1.165) is 11.8 Å². The van der Waals surface area contributed by atoms with Gasteiger partial charge < -0.3 is 15.6 Å². The summed E-state index contributed by atoms with van der Waals surface area (Å²) >= 11 is 6.35. The van der Waals surface area contributed by atoms with Crippen molar-refractivity contribution in [2.45, 2.75) is 123 Å². The van der Waals surface area contributed by atoms with Gasteiger partial charge in [0.2, 0.25) is 0 Å². The number of rotatable bonds is 7. The lowest BCUT2D eigenvalue weighted by Gasteiger charge is -2.22. The van der Waals surface area contributed by atoms with Crippen LogP contribution >= 0.6 is 11.6 Å². The van der Waals surface area contributed by atoms with E-state index in [9.17, 15) is 23.5 Å². The maximum Gasteiger partial charge on any atom is 0.277 e. The highest BCUT2D eigenvalue weighted by molar-refractivity contribution is 6.31.